The van der Waals surface area contributed by atoms with Crippen molar-refractivity contribution in [3.8, 4) is 0 Å². The number of fused-ring (bicyclic) bond motifs is 1. The van der Waals surface area contributed by atoms with Crippen LogP contribution in [-0.2, 0) is 45.4 Å². The molecule has 4 fully saturated rings. The Bertz CT molecular complexity index is 2730. The van der Waals surface area contributed by atoms with Crippen molar-refractivity contribution in [2.24, 2.45) is 16.7 Å². The van der Waals surface area contributed by atoms with Gasteiger partial charge in [0.25, 0.3) is 5.91 Å². The van der Waals surface area contributed by atoms with Crippen LogP contribution in [0, 0.1) is 28.4 Å². The number of likely N-dealkylation sites (tertiary alicyclic amines) is 1. The molecule has 1 spiro atoms. The largest absolute Gasteiger partial charge is 0.398 e. The number of imide groups is 1. The third kappa shape index (κ3) is 13.3. The zero-order valence-electron chi connectivity index (χ0n) is 43.8. The van der Waals surface area contributed by atoms with E-state index in [1.165, 1.54) is 17.0 Å². The third-order valence-electron chi connectivity index (χ3n) is 15.2. The highest BCUT2D eigenvalue weighted by molar-refractivity contribution is 6.06. The van der Waals surface area contributed by atoms with Crippen LogP contribution in [-0.4, -0.2) is 100 Å². The van der Waals surface area contributed by atoms with Crippen molar-refractivity contribution in [3.63, 3.8) is 0 Å². The van der Waals surface area contributed by atoms with Crippen molar-refractivity contribution in [2.45, 2.75) is 131 Å². The van der Waals surface area contributed by atoms with E-state index in [1.54, 1.807) is 29.4 Å². The molecule has 0 aliphatic carbocycles. The van der Waals surface area contributed by atoms with Gasteiger partial charge in [0.1, 0.15) is 35.6 Å². The van der Waals surface area contributed by atoms with Crippen LogP contribution in [0.2, 0.25) is 0 Å². The number of benzene rings is 3. The third-order valence-corrected chi connectivity index (χ3v) is 15.2. The first kappa shape index (κ1) is 53.6. The number of nitrogens with one attached hydrogen (secondary N) is 4. The highest BCUT2D eigenvalue weighted by Crippen LogP contribution is 2.36. The molecule has 0 saturated carbocycles. The minimum absolute atomic E-state index is 0.0162. The van der Waals surface area contributed by atoms with Gasteiger partial charge in [-0.15, -0.1) is 0 Å². The summed E-state index contributed by atoms with van der Waals surface area (Å²) in [6, 6.07) is 17.3. The Kier molecular flexibility index (Phi) is 16.2. The number of rotatable bonds is 14. The number of anilines is 4. The number of nitrogen functional groups attached to an aromatic ring is 1. The van der Waals surface area contributed by atoms with Crippen molar-refractivity contribution >= 4 is 52.5 Å². The molecule has 0 radical (unpaired) electrons. The van der Waals surface area contributed by atoms with E-state index in [2.05, 4.69) is 88.6 Å². The molecule has 1 atom stereocenters. The maximum absolute atomic E-state index is 15.6. The zero-order chi connectivity index (χ0) is 53.0. The number of nitrogens with two attached hydrogens (primary N) is 1. The van der Waals surface area contributed by atoms with Gasteiger partial charge < -0.3 is 36.4 Å². The Morgan fingerprint density at radius 3 is 2.28 bits per heavy atom. The van der Waals surface area contributed by atoms with Gasteiger partial charge in [0.15, 0.2) is 0 Å². The van der Waals surface area contributed by atoms with E-state index in [-0.39, 0.29) is 53.1 Å². The highest BCUT2D eigenvalue weighted by atomic mass is 19.1. The summed E-state index contributed by atoms with van der Waals surface area (Å²) in [5, 5.41) is 12.0. The van der Waals surface area contributed by atoms with Crippen LogP contribution in [0.3, 0.4) is 0 Å². The van der Waals surface area contributed by atoms with Gasteiger partial charge in [-0.1, -0.05) is 71.9 Å². The van der Waals surface area contributed by atoms with Gasteiger partial charge >= 0.3 is 0 Å². The number of carbonyl (C=O) groups is 5. The number of aromatic nitrogens is 2. The summed E-state index contributed by atoms with van der Waals surface area (Å²) in [4.78, 5) is 77.4. The molecule has 16 nitrogen and oxygen atoms in total. The quantitative estimate of drug-likeness (QED) is 0.0637. The van der Waals surface area contributed by atoms with E-state index < -0.39 is 29.1 Å². The van der Waals surface area contributed by atoms with Crippen molar-refractivity contribution in [1.29, 1.82) is 0 Å². The number of carbonyl (C=O) groups excluding carboxylic acids is 5. The standard InChI is InChI=1S/C43H60F2N8O2.C13H13N3O3/c1-30(2)22-42(5,6)23-39(54)47-25-32-9-7-8-31(18-32)24-46-37-21-38(49-29-48-37)52-16-12-43(13-17-52)28-53(27-40(55)50-43)36-20-34(44)33(19-35(36)45)26-51-14-10-41(3,4)11-15-51;14-9-3-1-2-7-8(9)6-16(13(7)19)10-4-5-11(17)15-12(10)18/h7-9,18-21,29-30H,10-17,22-28H2,1-6H3,(H,47,54)(H,50,55)(H,46,48,49);1-3,10H,4-6,14H2,(H,15,17,18). The van der Waals surface area contributed by atoms with Gasteiger partial charge in [0.05, 0.1) is 17.8 Å². The van der Waals surface area contributed by atoms with Crippen LogP contribution in [0.25, 0.3) is 0 Å². The van der Waals surface area contributed by atoms with E-state index >= 15 is 8.78 Å². The molecule has 3 aromatic carbocycles. The Morgan fingerprint density at radius 2 is 1.58 bits per heavy atom. The number of nitrogens with zero attached hydrogens (tertiary/aromatic N) is 6. The van der Waals surface area contributed by atoms with E-state index in [9.17, 15) is 24.0 Å². The van der Waals surface area contributed by atoms with Crippen LogP contribution in [0.1, 0.15) is 126 Å². The first-order valence-electron chi connectivity index (χ1n) is 26.1. The zero-order valence-corrected chi connectivity index (χ0v) is 43.8. The Balaban J connectivity index is 0.000000319. The lowest BCUT2D eigenvalue weighted by Gasteiger charge is -2.48. The predicted molar refractivity (Wildman–Crippen MR) is 282 cm³/mol. The molecule has 1 unspecified atom stereocenters. The van der Waals surface area contributed by atoms with Crippen LogP contribution >= 0.6 is 0 Å². The maximum Gasteiger partial charge on any atom is 0.255 e. The normalized spacial score (nSPS) is 19.7. The maximum atomic E-state index is 15.6. The fourth-order valence-corrected chi connectivity index (χ4v) is 11.2. The average Bonchev–Trinajstić information content (AvgIpc) is 3.68. The fraction of sp³-hybridized carbons (Fsp3) is 0.518. The van der Waals surface area contributed by atoms with Crippen LogP contribution in [0.5, 0.6) is 0 Å². The SMILES string of the molecule is CC(C)CC(C)(C)CC(=O)NCc1cccc(CNc2cc(N3CCC4(CC3)CN(c3cc(F)c(CN5CCC(C)(C)CC5)cc3F)CC(=O)N4)ncn2)c1.Nc1cccc2c1CN(C1CCC(=O)NC1=O)C2=O. The molecular weight excluding hydrogens is 945 g/mol. The predicted octanol–water partition coefficient (Wildman–Crippen LogP) is 7.07. The van der Waals surface area contributed by atoms with Gasteiger partial charge in [-0.25, -0.2) is 18.7 Å². The van der Waals surface area contributed by atoms with Crippen molar-refractivity contribution in [3.05, 3.63) is 106 Å². The highest BCUT2D eigenvalue weighted by Gasteiger charge is 2.43. The summed E-state index contributed by atoms with van der Waals surface area (Å²) in [7, 11) is 0. The lowest BCUT2D eigenvalue weighted by molar-refractivity contribution is -0.137. The molecule has 4 saturated heterocycles. The molecule has 396 valence electrons. The van der Waals surface area contributed by atoms with Crippen LogP contribution in [0.15, 0.2) is 67.0 Å². The van der Waals surface area contributed by atoms with E-state index in [4.69, 9.17) is 5.73 Å². The fourth-order valence-electron chi connectivity index (χ4n) is 11.2. The second-order valence-corrected chi connectivity index (χ2v) is 22.9. The molecule has 5 amide bonds. The van der Waals surface area contributed by atoms with Crippen molar-refractivity contribution in [1.82, 2.24) is 35.7 Å². The van der Waals surface area contributed by atoms with Gasteiger partial charge in [0, 0.05) is 93.2 Å². The van der Waals surface area contributed by atoms with E-state index in [0.29, 0.717) is 100 Å². The lowest BCUT2D eigenvalue weighted by atomic mass is 9.81. The molecule has 1 aromatic heterocycles. The van der Waals surface area contributed by atoms with Gasteiger partial charge in [-0.2, -0.15) is 0 Å². The summed E-state index contributed by atoms with van der Waals surface area (Å²) >= 11 is 0. The second kappa shape index (κ2) is 22.4. The molecule has 4 aromatic rings. The molecule has 6 N–H and O–H groups in total. The Hall–Kier alpha value is -6.69. The molecule has 9 rings (SSSR count). The van der Waals surface area contributed by atoms with Crippen molar-refractivity contribution in [2.75, 3.05) is 60.1 Å². The molecule has 5 aliphatic rings. The summed E-state index contributed by atoms with van der Waals surface area (Å²) in [5.74, 6) is 0.0772. The summed E-state index contributed by atoms with van der Waals surface area (Å²) in [5.41, 5.74) is 10.0. The summed E-state index contributed by atoms with van der Waals surface area (Å²) in [6.07, 6.45) is 7.00. The molecule has 0 bridgehead atoms. The van der Waals surface area contributed by atoms with Crippen LogP contribution < -0.4 is 36.8 Å². The molecular formula is C56H73F2N11O5. The molecule has 74 heavy (non-hydrogen) atoms. The Labute approximate surface area is 433 Å². The second-order valence-electron chi connectivity index (χ2n) is 22.9. The number of hydrogen-bond acceptors (Lipinski definition) is 12. The first-order chi connectivity index (χ1) is 35.1. The molecule has 5 aliphatic heterocycles. The van der Waals surface area contributed by atoms with Crippen molar-refractivity contribution < 1.29 is 32.8 Å². The van der Waals surface area contributed by atoms with Gasteiger partial charge in [-0.3, -0.25) is 34.2 Å². The van der Waals surface area contributed by atoms with E-state index in [0.717, 1.165) is 54.9 Å². The van der Waals surface area contributed by atoms with Crippen LogP contribution in [0.4, 0.5) is 31.8 Å². The number of piperidine rings is 3. The lowest BCUT2D eigenvalue weighted by Crippen LogP contribution is -2.66. The number of piperazine rings is 1. The van der Waals surface area contributed by atoms with Gasteiger partial charge in [0.2, 0.25) is 23.6 Å². The van der Waals surface area contributed by atoms with E-state index in [1.807, 2.05) is 24.3 Å². The summed E-state index contributed by atoms with van der Waals surface area (Å²) in [6.45, 7) is 18.3. The smallest absolute Gasteiger partial charge is 0.255 e. The minimum Gasteiger partial charge on any atom is -0.398 e. The summed E-state index contributed by atoms with van der Waals surface area (Å²) < 4.78 is 31.1. The minimum atomic E-state index is -0.586. The monoisotopic (exact) mass is 1020 g/mol. The topological polar surface area (TPSA) is 198 Å². The number of hydrogen-bond donors (Lipinski definition) is 5. The van der Waals surface area contributed by atoms with Gasteiger partial charge in [-0.05, 0) is 97.7 Å². The number of halogens is 2. The molecule has 6 heterocycles. The Morgan fingerprint density at radius 1 is 0.865 bits per heavy atom. The average molecular weight is 1020 g/mol. The first-order valence-corrected chi connectivity index (χ1v) is 26.1. The number of amides is 5. The molecule has 18 heteroatoms.